The van der Waals surface area contributed by atoms with Crippen LogP contribution >= 0.6 is 0 Å². The van der Waals surface area contributed by atoms with Crippen molar-refractivity contribution in [3.8, 4) is 0 Å². The summed E-state index contributed by atoms with van der Waals surface area (Å²) in [6, 6.07) is 0.213. The van der Waals surface area contributed by atoms with E-state index in [1.54, 1.807) is 4.90 Å². The Hall–Kier alpha value is -1.10. The lowest BCUT2D eigenvalue weighted by molar-refractivity contribution is -0.134. The third kappa shape index (κ3) is 2.99. The Morgan fingerprint density at radius 3 is 2.86 bits per heavy atom. The molecule has 1 rings (SSSR count). The largest absolute Gasteiger partial charge is 0.347 e. The fourth-order valence-corrected chi connectivity index (χ4v) is 1.51. The molecule has 14 heavy (non-hydrogen) atoms. The Bertz CT molecular complexity index is 230. The van der Waals surface area contributed by atoms with Crippen LogP contribution in [0.25, 0.3) is 0 Å². The first-order chi connectivity index (χ1) is 6.61. The van der Waals surface area contributed by atoms with Gasteiger partial charge in [0.05, 0.1) is 6.54 Å². The van der Waals surface area contributed by atoms with Gasteiger partial charge in [0, 0.05) is 32.6 Å². The molecule has 0 aliphatic carbocycles. The van der Waals surface area contributed by atoms with Crippen LogP contribution in [0.3, 0.4) is 0 Å². The summed E-state index contributed by atoms with van der Waals surface area (Å²) < 4.78 is 0. The van der Waals surface area contributed by atoms with Crippen molar-refractivity contribution in [3.63, 3.8) is 0 Å². The maximum absolute atomic E-state index is 11.6. The molecule has 0 bridgehead atoms. The van der Waals surface area contributed by atoms with E-state index in [-0.39, 0.29) is 24.4 Å². The Labute approximate surface area is 83.8 Å². The summed E-state index contributed by atoms with van der Waals surface area (Å²) in [6.45, 7) is 5.90. The van der Waals surface area contributed by atoms with Crippen LogP contribution in [0.5, 0.6) is 0 Å². The summed E-state index contributed by atoms with van der Waals surface area (Å²) in [5.74, 6) is -0.171. The SMILES string of the molecule is CC(=O)NCC(=O)N1CCNC[C@@H]1C. The smallest absolute Gasteiger partial charge is 0.242 e. The lowest BCUT2D eigenvalue weighted by Gasteiger charge is -2.34. The van der Waals surface area contributed by atoms with Crippen molar-refractivity contribution in [1.29, 1.82) is 0 Å². The summed E-state index contributed by atoms with van der Waals surface area (Å²) >= 11 is 0. The fourth-order valence-electron chi connectivity index (χ4n) is 1.51. The molecule has 2 amide bonds. The van der Waals surface area contributed by atoms with Gasteiger partial charge in [-0.1, -0.05) is 0 Å². The molecule has 5 heteroatoms. The average molecular weight is 199 g/mol. The number of hydrogen-bond donors (Lipinski definition) is 2. The number of piperazine rings is 1. The normalized spacial score (nSPS) is 21.9. The van der Waals surface area contributed by atoms with E-state index in [0.717, 1.165) is 19.6 Å². The van der Waals surface area contributed by atoms with Crippen molar-refractivity contribution in [2.45, 2.75) is 19.9 Å². The molecule has 1 fully saturated rings. The third-order valence-corrected chi connectivity index (χ3v) is 2.31. The molecule has 0 unspecified atom stereocenters. The van der Waals surface area contributed by atoms with E-state index < -0.39 is 0 Å². The van der Waals surface area contributed by atoms with Gasteiger partial charge in [0.1, 0.15) is 0 Å². The monoisotopic (exact) mass is 199 g/mol. The molecule has 1 aliphatic heterocycles. The van der Waals surface area contributed by atoms with Crippen molar-refractivity contribution in [1.82, 2.24) is 15.5 Å². The second-order valence-electron chi connectivity index (χ2n) is 3.55. The zero-order chi connectivity index (χ0) is 10.6. The standard InChI is InChI=1S/C9H17N3O2/c1-7-5-10-3-4-12(7)9(14)6-11-8(2)13/h7,10H,3-6H2,1-2H3,(H,11,13)/t7-/m0/s1. The van der Waals surface area contributed by atoms with Crippen LogP contribution < -0.4 is 10.6 Å². The number of hydrogen-bond acceptors (Lipinski definition) is 3. The van der Waals surface area contributed by atoms with E-state index in [2.05, 4.69) is 10.6 Å². The molecule has 0 aromatic rings. The summed E-state index contributed by atoms with van der Waals surface area (Å²) in [4.78, 5) is 24.0. The molecule has 1 saturated heterocycles. The van der Waals surface area contributed by atoms with Gasteiger partial charge in [0.25, 0.3) is 0 Å². The molecular weight excluding hydrogens is 182 g/mol. The molecule has 1 aliphatic rings. The molecule has 0 aromatic heterocycles. The Balaban J connectivity index is 2.38. The topological polar surface area (TPSA) is 61.4 Å². The van der Waals surface area contributed by atoms with E-state index in [4.69, 9.17) is 0 Å². The minimum absolute atomic E-state index is 0.00537. The minimum atomic E-state index is -0.166. The molecule has 0 aromatic carbocycles. The zero-order valence-electron chi connectivity index (χ0n) is 8.67. The number of nitrogens with one attached hydrogen (secondary N) is 2. The Morgan fingerprint density at radius 2 is 2.29 bits per heavy atom. The fraction of sp³-hybridized carbons (Fsp3) is 0.778. The van der Waals surface area contributed by atoms with E-state index in [0.29, 0.717) is 0 Å². The lowest BCUT2D eigenvalue weighted by atomic mass is 10.2. The van der Waals surface area contributed by atoms with Crippen molar-refractivity contribution >= 4 is 11.8 Å². The van der Waals surface area contributed by atoms with E-state index in [9.17, 15) is 9.59 Å². The first-order valence-corrected chi connectivity index (χ1v) is 4.86. The minimum Gasteiger partial charge on any atom is -0.347 e. The van der Waals surface area contributed by atoms with Gasteiger partial charge in [-0.15, -0.1) is 0 Å². The Morgan fingerprint density at radius 1 is 1.57 bits per heavy atom. The molecule has 0 spiro atoms. The van der Waals surface area contributed by atoms with Gasteiger partial charge in [0.2, 0.25) is 11.8 Å². The van der Waals surface area contributed by atoms with Crippen LogP contribution in [0.15, 0.2) is 0 Å². The molecule has 2 N–H and O–H groups in total. The summed E-state index contributed by atoms with van der Waals surface area (Å²) in [6.07, 6.45) is 0. The highest BCUT2D eigenvalue weighted by atomic mass is 16.2. The lowest BCUT2D eigenvalue weighted by Crippen LogP contribution is -2.54. The summed E-state index contributed by atoms with van der Waals surface area (Å²) in [5, 5.41) is 5.72. The van der Waals surface area contributed by atoms with Gasteiger partial charge in [0.15, 0.2) is 0 Å². The van der Waals surface area contributed by atoms with Crippen LogP contribution in [0.2, 0.25) is 0 Å². The van der Waals surface area contributed by atoms with Crippen molar-refractivity contribution in [2.75, 3.05) is 26.2 Å². The first-order valence-electron chi connectivity index (χ1n) is 4.86. The highest BCUT2D eigenvalue weighted by molar-refractivity contribution is 5.83. The molecule has 0 radical (unpaired) electrons. The predicted molar refractivity (Wildman–Crippen MR) is 52.7 cm³/mol. The number of carbonyl (C=O) groups is 2. The van der Waals surface area contributed by atoms with Gasteiger partial charge >= 0.3 is 0 Å². The quantitative estimate of drug-likeness (QED) is 0.596. The zero-order valence-corrected chi connectivity index (χ0v) is 8.67. The highest BCUT2D eigenvalue weighted by Crippen LogP contribution is 2.01. The van der Waals surface area contributed by atoms with Gasteiger partial charge in [-0.25, -0.2) is 0 Å². The second kappa shape index (κ2) is 4.95. The van der Waals surface area contributed by atoms with Gasteiger partial charge in [-0.3, -0.25) is 9.59 Å². The van der Waals surface area contributed by atoms with Crippen LogP contribution in [-0.4, -0.2) is 48.9 Å². The van der Waals surface area contributed by atoms with Gasteiger partial charge in [-0.2, -0.15) is 0 Å². The van der Waals surface area contributed by atoms with E-state index in [1.807, 2.05) is 6.92 Å². The molecule has 0 saturated carbocycles. The second-order valence-corrected chi connectivity index (χ2v) is 3.55. The van der Waals surface area contributed by atoms with Crippen LogP contribution in [0, 0.1) is 0 Å². The van der Waals surface area contributed by atoms with Gasteiger partial charge in [-0.05, 0) is 6.92 Å². The highest BCUT2D eigenvalue weighted by Gasteiger charge is 2.22. The number of nitrogens with zero attached hydrogens (tertiary/aromatic N) is 1. The number of carbonyl (C=O) groups excluding carboxylic acids is 2. The maximum Gasteiger partial charge on any atom is 0.242 e. The van der Waals surface area contributed by atoms with Crippen LogP contribution in [0.4, 0.5) is 0 Å². The van der Waals surface area contributed by atoms with Crippen molar-refractivity contribution in [2.24, 2.45) is 0 Å². The molecule has 1 atom stereocenters. The molecule has 1 heterocycles. The maximum atomic E-state index is 11.6. The van der Waals surface area contributed by atoms with Crippen LogP contribution in [-0.2, 0) is 9.59 Å². The summed E-state index contributed by atoms with van der Waals surface area (Å²) in [7, 11) is 0. The van der Waals surface area contributed by atoms with Crippen molar-refractivity contribution in [3.05, 3.63) is 0 Å². The average Bonchev–Trinajstić information content (AvgIpc) is 2.15. The first kappa shape index (κ1) is 11.0. The Kier molecular flexibility index (Phi) is 3.88. The predicted octanol–water partition coefficient (Wildman–Crippen LogP) is -1.06. The van der Waals surface area contributed by atoms with Crippen molar-refractivity contribution < 1.29 is 9.59 Å². The number of amides is 2. The summed E-state index contributed by atoms with van der Waals surface area (Å²) in [5.41, 5.74) is 0. The van der Waals surface area contributed by atoms with Crippen LogP contribution in [0.1, 0.15) is 13.8 Å². The molecule has 80 valence electrons. The van der Waals surface area contributed by atoms with Gasteiger partial charge < -0.3 is 15.5 Å². The molecule has 5 nitrogen and oxygen atoms in total. The number of rotatable bonds is 2. The third-order valence-electron chi connectivity index (χ3n) is 2.31. The molecular formula is C9H17N3O2. The van der Waals surface area contributed by atoms with E-state index in [1.165, 1.54) is 6.92 Å². The van der Waals surface area contributed by atoms with E-state index >= 15 is 0 Å².